The molecular formula is C24H38O2. The van der Waals surface area contributed by atoms with Crippen LogP contribution >= 0.6 is 0 Å². The maximum atomic E-state index is 11.4. The van der Waals surface area contributed by atoms with Gasteiger partial charge in [-0.05, 0) is 98.7 Å². The normalized spacial score (nSPS) is 49.2. The Labute approximate surface area is 160 Å². The van der Waals surface area contributed by atoms with Crippen molar-refractivity contribution in [2.24, 2.45) is 34.5 Å². The Bertz CT molecular complexity index is 593. The molecule has 0 aliphatic heterocycles. The fourth-order valence-electron chi connectivity index (χ4n) is 7.99. The molecule has 0 spiro atoms. The monoisotopic (exact) mass is 358 g/mol. The summed E-state index contributed by atoms with van der Waals surface area (Å²) < 4.78 is 5.60. The van der Waals surface area contributed by atoms with E-state index in [-0.39, 0.29) is 12.1 Å². The van der Waals surface area contributed by atoms with Crippen LogP contribution in [0.5, 0.6) is 0 Å². The van der Waals surface area contributed by atoms with Crippen molar-refractivity contribution >= 4 is 5.97 Å². The number of allylic oxidation sites excluding steroid dienone is 2. The predicted octanol–water partition coefficient (Wildman–Crippen LogP) is 6.30. The van der Waals surface area contributed by atoms with Crippen LogP contribution in [-0.2, 0) is 9.53 Å². The zero-order valence-electron chi connectivity index (χ0n) is 17.4. The van der Waals surface area contributed by atoms with E-state index in [1.165, 1.54) is 51.4 Å². The molecule has 7 atom stereocenters. The van der Waals surface area contributed by atoms with Crippen LogP contribution in [0.1, 0.15) is 91.9 Å². The molecule has 0 heterocycles. The van der Waals surface area contributed by atoms with E-state index in [4.69, 9.17) is 4.74 Å². The highest BCUT2D eigenvalue weighted by Crippen LogP contribution is 2.67. The minimum Gasteiger partial charge on any atom is -0.463 e. The summed E-state index contributed by atoms with van der Waals surface area (Å²) >= 11 is 0. The van der Waals surface area contributed by atoms with E-state index in [9.17, 15) is 4.79 Å². The number of hydrogen-bond acceptors (Lipinski definition) is 2. The van der Waals surface area contributed by atoms with Crippen molar-refractivity contribution in [3.05, 3.63) is 11.6 Å². The Hall–Kier alpha value is -0.790. The molecule has 4 aliphatic rings. The molecule has 0 N–H and O–H groups in total. The van der Waals surface area contributed by atoms with Crippen LogP contribution in [0.15, 0.2) is 11.6 Å². The molecule has 146 valence electrons. The van der Waals surface area contributed by atoms with Gasteiger partial charge in [-0.2, -0.15) is 0 Å². The Morgan fingerprint density at radius 1 is 1.12 bits per heavy atom. The van der Waals surface area contributed by atoms with Gasteiger partial charge in [0.2, 0.25) is 0 Å². The number of esters is 1. The second-order valence-corrected chi connectivity index (χ2v) is 10.3. The van der Waals surface area contributed by atoms with E-state index in [0.29, 0.717) is 10.8 Å². The van der Waals surface area contributed by atoms with E-state index >= 15 is 0 Å². The van der Waals surface area contributed by atoms with Gasteiger partial charge in [-0.1, -0.05) is 32.4 Å². The fourth-order valence-corrected chi connectivity index (χ4v) is 7.99. The minimum absolute atomic E-state index is 0.0954. The second kappa shape index (κ2) is 6.67. The molecule has 0 amide bonds. The van der Waals surface area contributed by atoms with Gasteiger partial charge < -0.3 is 4.74 Å². The summed E-state index contributed by atoms with van der Waals surface area (Å²) in [6.45, 7) is 9.05. The molecular weight excluding hydrogens is 320 g/mol. The maximum absolute atomic E-state index is 11.4. The summed E-state index contributed by atoms with van der Waals surface area (Å²) in [6, 6.07) is 0. The van der Waals surface area contributed by atoms with Crippen molar-refractivity contribution in [1.29, 1.82) is 0 Å². The third-order valence-corrected chi connectivity index (χ3v) is 9.25. The number of fused-ring (bicyclic) bond motifs is 5. The van der Waals surface area contributed by atoms with Crippen molar-refractivity contribution in [2.75, 3.05) is 0 Å². The van der Waals surface area contributed by atoms with Crippen LogP contribution in [-0.4, -0.2) is 12.1 Å². The zero-order valence-corrected chi connectivity index (χ0v) is 17.4. The van der Waals surface area contributed by atoms with E-state index < -0.39 is 0 Å². The molecule has 26 heavy (non-hydrogen) atoms. The largest absolute Gasteiger partial charge is 0.463 e. The van der Waals surface area contributed by atoms with Crippen LogP contribution in [0.3, 0.4) is 0 Å². The van der Waals surface area contributed by atoms with Crippen molar-refractivity contribution in [1.82, 2.24) is 0 Å². The van der Waals surface area contributed by atoms with Gasteiger partial charge in [0.1, 0.15) is 6.10 Å². The van der Waals surface area contributed by atoms with Crippen molar-refractivity contribution in [2.45, 2.75) is 98.0 Å². The molecule has 4 aliphatic carbocycles. The highest BCUT2D eigenvalue weighted by molar-refractivity contribution is 5.66. The van der Waals surface area contributed by atoms with Gasteiger partial charge in [0, 0.05) is 6.92 Å². The average molecular weight is 359 g/mol. The standard InChI is InChI=1S/C24H38O2/c1-5-6-17-8-10-21-20-9-7-18-15-19(26-16(2)25)11-13-24(18,4)22(20)12-14-23(17,21)3/h6,18-22H,5,7-15H2,1-4H3/b17-6+/t18-,19-,20+,21-,22+,23+,24-/m0/s1. The van der Waals surface area contributed by atoms with Crippen molar-refractivity contribution < 1.29 is 9.53 Å². The lowest BCUT2D eigenvalue weighted by molar-refractivity contribution is -0.158. The quantitative estimate of drug-likeness (QED) is 0.428. The average Bonchev–Trinajstić information content (AvgIpc) is 2.92. The molecule has 2 heteroatoms. The lowest BCUT2D eigenvalue weighted by atomic mass is 9.45. The lowest BCUT2D eigenvalue weighted by Crippen LogP contribution is -2.53. The van der Waals surface area contributed by atoms with E-state index in [1.54, 1.807) is 12.5 Å². The zero-order chi connectivity index (χ0) is 18.5. The molecule has 4 rings (SSSR count). The van der Waals surface area contributed by atoms with Gasteiger partial charge in [0.05, 0.1) is 0 Å². The number of carbonyl (C=O) groups excluding carboxylic acids is 1. The van der Waals surface area contributed by atoms with Gasteiger partial charge in [-0.15, -0.1) is 0 Å². The van der Waals surface area contributed by atoms with Gasteiger partial charge in [-0.3, -0.25) is 4.79 Å². The SMILES string of the molecule is CC/C=C1\CC[C@H]2[C@H]3CC[C@H]4C[C@@H](OC(C)=O)CC[C@]4(C)[C@@H]3CC[C@]12C. The second-order valence-electron chi connectivity index (χ2n) is 10.3. The summed E-state index contributed by atoms with van der Waals surface area (Å²) in [7, 11) is 0. The molecule has 0 saturated heterocycles. The van der Waals surface area contributed by atoms with Crippen LogP contribution in [0.25, 0.3) is 0 Å². The Kier molecular flexibility index (Phi) is 4.77. The molecule has 4 fully saturated rings. The smallest absolute Gasteiger partial charge is 0.302 e. The van der Waals surface area contributed by atoms with Gasteiger partial charge >= 0.3 is 5.97 Å². The van der Waals surface area contributed by atoms with E-state index in [1.807, 2.05) is 0 Å². The molecule has 4 saturated carbocycles. The summed E-state index contributed by atoms with van der Waals surface area (Å²) in [6.07, 6.45) is 15.8. The molecule has 0 aromatic rings. The summed E-state index contributed by atoms with van der Waals surface area (Å²) in [5.41, 5.74) is 2.77. The third-order valence-electron chi connectivity index (χ3n) is 9.25. The topological polar surface area (TPSA) is 26.3 Å². The first-order chi connectivity index (χ1) is 12.4. The summed E-state index contributed by atoms with van der Waals surface area (Å²) in [4.78, 5) is 11.4. The number of hydrogen-bond donors (Lipinski definition) is 0. The fraction of sp³-hybridized carbons (Fsp3) is 0.875. The maximum Gasteiger partial charge on any atom is 0.302 e. The molecule has 0 aromatic carbocycles. The Balaban J connectivity index is 1.54. The highest BCUT2D eigenvalue weighted by Gasteiger charge is 2.59. The Morgan fingerprint density at radius 3 is 2.65 bits per heavy atom. The van der Waals surface area contributed by atoms with Crippen molar-refractivity contribution in [3.63, 3.8) is 0 Å². The van der Waals surface area contributed by atoms with Crippen LogP contribution in [0.4, 0.5) is 0 Å². The number of carbonyl (C=O) groups is 1. The van der Waals surface area contributed by atoms with Crippen LogP contribution in [0.2, 0.25) is 0 Å². The van der Waals surface area contributed by atoms with Gasteiger partial charge in [0.25, 0.3) is 0 Å². The first-order valence-electron chi connectivity index (χ1n) is 11.2. The van der Waals surface area contributed by atoms with Crippen LogP contribution < -0.4 is 0 Å². The molecule has 2 nitrogen and oxygen atoms in total. The Morgan fingerprint density at radius 2 is 1.92 bits per heavy atom. The molecule has 0 radical (unpaired) electrons. The minimum atomic E-state index is -0.0954. The van der Waals surface area contributed by atoms with Gasteiger partial charge in [0.15, 0.2) is 0 Å². The summed E-state index contributed by atoms with van der Waals surface area (Å²) in [5, 5.41) is 0. The lowest BCUT2D eigenvalue weighted by Gasteiger charge is -2.60. The van der Waals surface area contributed by atoms with Gasteiger partial charge in [-0.25, -0.2) is 0 Å². The number of ether oxygens (including phenoxy) is 1. The molecule has 0 bridgehead atoms. The molecule has 0 aromatic heterocycles. The van der Waals surface area contributed by atoms with E-state index in [2.05, 4.69) is 26.8 Å². The third kappa shape index (κ3) is 2.78. The van der Waals surface area contributed by atoms with Crippen molar-refractivity contribution in [3.8, 4) is 0 Å². The highest BCUT2D eigenvalue weighted by atomic mass is 16.5. The molecule has 0 unspecified atom stereocenters. The number of rotatable bonds is 2. The first kappa shape index (κ1) is 18.6. The summed E-state index contributed by atoms with van der Waals surface area (Å²) in [5.74, 6) is 3.42. The first-order valence-corrected chi connectivity index (χ1v) is 11.2. The predicted molar refractivity (Wildman–Crippen MR) is 106 cm³/mol. The van der Waals surface area contributed by atoms with Crippen LogP contribution in [0, 0.1) is 34.5 Å². The van der Waals surface area contributed by atoms with E-state index in [0.717, 1.165) is 36.5 Å².